The summed E-state index contributed by atoms with van der Waals surface area (Å²) in [5.41, 5.74) is 2.15. The van der Waals surface area contributed by atoms with Gasteiger partial charge in [-0.25, -0.2) is 8.42 Å². The van der Waals surface area contributed by atoms with E-state index in [0.717, 1.165) is 30.7 Å². The molecule has 6 nitrogen and oxygen atoms in total. The Hall–Kier alpha value is -2.16. The van der Waals surface area contributed by atoms with Gasteiger partial charge in [0.2, 0.25) is 0 Å². The van der Waals surface area contributed by atoms with Crippen LogP contribution in [0.2, 0.25) is 0 Å². The average molecular weight is 406 g/mol. The topological polar surface area (TPSA) is 79.5 Å². The number of thiocarbonyl (C=S) groups is 1. The lowest BCUT2D eigenvalue weighted by atomic mass is 10.2. The van der Waals surface area contributed by atoms with Crippen LogP contribution < -0.4 is 15.4 Å². The summed E-state index contributed by atoms with van der Waals surface area (Å²) in [7, 11) is -3.65. The lowest BCUT2D eigenvalue weighted by Gasteiger charge is -2.14. The van der Waals surface area contributed by atoms with E-state index in [4.69, 9.17) is 17.0 Å². The van der Waals surface area contributed by atoms with Crippen molar-refractivity contribution in [3.05, 3.63) is 54.1 Å². The first kappa shape index (κ1) is 19.6. The number of aryl methyl sites for hydroxylation is 1. The van der Waals surface area contributed by atoms with Crippen LogP contribution in [0, 0.1) is 6.92 Å². The summed E-state index contributed by atoms with van der Waals surface area (Å²) in [6.45, 7) is 3.33. The molecule has 3 N–H and O–H groups in total. The van der Waals surface area contributed by atoms with E-state index in [1.165, 1.54) is 0 Å². The zero-order valence-corrected chi connectivity index (χ0v) is 16.7. The lowest BCUT2D eigenvalue weighted by molar-refractivity contribution is 0.114. The number of rotatable bonds is 6. The molecule has 0 aromatic heterocycles. The Labute approximate surface area is 165 Å². The molecular formula is C19H23N3O3S2. The lowest BCUT2D eigenvalue weighted by Crippen LogP contribution is -2.34. The molecule has 8 heteroatoms. The molecule has 1 heterocycles. The summed E-state index contributed by atoms with van der Waals surface area (Å²) >= 11 is 5.27. The van der Waals surface area contributed by atoms with Crippen molar-refractivity contribution in [2.45, 2.75) is 30.8 Å². The molecule has 1 aliphatic heterocycles. The largest absolute Gasteiger partial charge is 0.376 e. The summed E-state index contributed by atoms with van der Waals surface area (Å²) in [5.74, 6) is 0. The smallest absolute Gasteiger partial charge is 0.261 e. The standard InChI is InChI=1S/C19H23N3O3S2/c1-14-5-2-3-7-18(14)22-27(23,24)17-10-8-15(9-11-17)21-19(26)20-13-16-6-4-12-25-16/h2-3,5,7-11,16,22H,4,6,12-13H2,1H3,(H2,20,21,26). The van der Waals surface area contributed by atoms with E-state index in [1.54, 1.807) is 36.4 Å². The van der Waals surface area contributed by atoms with Crippen molar-refractivity contribution >= 4 is 38.7 Å². The molecule has 1 fully saturated rings. The van der Waals surface area contributed by atoms with E-state index in [-0.39, 0.29) is 11.0 Å². The predicted molar refractivity (Wildman–Crippen MR) is 112 cm³/mol. The Morgan fingerprint density at radius 3 is 2.59 bits per heavy atom. The van der Waals surface area contributed by atoms with Crippen molar-refractivity contribution in [3.63, 3.8) is 0 Å². The maximum absolute atomic E-state index is 12.6. The van der Waals surface area contributed by atoms with E-state index in [9.17, 15) is 8.42 Å². The van der Waals surface area contributed by atoms with Gasteiger partial charge in [0.15, 0.2) is 5.11 Å². The van der Waals surface area contributed by atoms with Crippen LogP contribution in [0.5, 0.6) is 0 Å². The molecule has 27 heavy (non-hydrogen) atoms. The molecule has 0 amide bonds. The van der Waals surface area contributed by atoms with Crippen LogP contribution in [0.3, 0.4) is 0 Å². The second-order valence-electron chi connectivity index (χ2n) is 6.41. The zero-order chi connectivity index (χ0) is 19.3. The highest BCUT2D eigenvalue weighted by atomic mass is 32.2. The molecule has 1 saturated heterocycles. The van der Waals surface area contributed by atoms with Gasteiger partial charge in [-0.3, -0.25) is 4.72 Å². The number of nitrogens with one attached hydrogen (secondary N) is 3. The molecule has 3 rings (SSSR count). The molecule has 2 aromatic rings. The fourth-order valence-corrected chi connectivity index (χ4v) is 4.13. The Morgan fingerprint density at radius 1 is 1.19 bits per heavy atom. The van der Waals surface area contributed by atoms with Gasteiger partial charge in [-0.1, -0.05) is 18.2 Å². The van der Waals surface area contributed by atoms with Gasteiger partial charge in [-0.2, -0.15) is 0 Å². The van der Waals surface area contributed by atoms with Gasteiger partial charge < -0.3 is 15.4 Å². The fraction of sp³-hybridized carbons (Fsp3) is 0.316. The molecule has 0 radical (unpaired) electrons. The molecule has 0 spiro atoms. The first-order valence-corrected chi connectivity index (χ1v) is 10.7. The Morgan fingerprint density at radius 2 is 1.93 bits per heavy atom. The SMILES string of the molecule is Cc1ccccc1NS(=O)(=O)c1ccc(NC(=S)NCC2CCCO2)cc1. The molecular weight excluding hydrogens is 382 g/mol. The zero-order valence-electron chi connectivity index (χ0n) is 15.1. The highest BCUT2D eigenvalue weighted by molar-refractivity contribution is 7.92. The molecule has 1 atom stereocenters. The summed E-state index contributed by atoms with van der Waals surface area (Å²) in [5, 5.41) is 6.66. The van der Waals surface area contributed by atoms with Crippen LogP contribution in [-0.4, -0.2) is 32.8 Å². The van der Waals surface area contributed by atoms with Crippen LogP contribution in [0.4, 0.5) is 11.4 Å². The predicted octanol–water partition coefficient (Wildman–Crippen LogP) is 3.26. The molecule has 0 aliphatic carbocycles. The van der Waals surface area contributed by atoms with Crippen LogP contribution in [0.1, 0.15) is 18.4 Å². The van der Waals surface area contributed by atoms with E-state index < -0.39 is 10.0 Å². The summed E-state index contributed by atoms with van der Waals surface area (Å²) in [6, 6.07) is 13.7. The first-order chi connectivity index (χ1) is 12.9. The quantitative estimate of drug-likeness (QED) is 0.640. The van der Waals surface area contributed by atoms with Gasteiger partial charge in [0, 0.05) is 18.8 Å². The molecule has 0 saturated carbocycles. The number of hydrogen-bond donors (Lipinski definition) is 3. The molecule has 0 bridgehead atoms. The minimum absolute atomic E-state index is 0.189. The molecule has 144 valence electrons. The second-order valence-corrected chi connectivity index (χ2v) is 8.51. The highest BCUT2D eigenvalue weighted by Crippen LogP contribution is 2.20. The summed E-state index contributed by atoms with van der Waals surface area (Å²) in [6.07, 6.45) is 2.32. The minimum atomic E-state index is -3.65. The normalized spacial score (nSPS) is 16.7. The molecule has 1 unspecified atom stereocenters. The fourth-order valence-electron chi connectivity index (χ4n) is 2.80. The Balaban J connectivity index is 1.58. The summed E-state index contributed by atoms with van der Waals surface area (Å²) in [4.78, 5) is 0.189. The monoisotopic (exact) mass is 405 g/mol. The third-order valence-corrected chi connectivity index (χ3v) is 5.95. The van der Waals surface area contributed by atoms with Crippen LogP contribution in [0.15, 0.2) is 53.4 Å². The number of ether oxygens (including phenoxy) is 1. The van der Waals surface area contributed by atoms with Crippen molar-refractivity contribution in [1.82, 2.24) is 5.32 Å². The van der Waals surface area contributed by atoms with Crippen molar-refractivity contribution < 1.29 is 13.2 Å². The van der Waals surface area contributed by atoms with Gasteiger partial charge in [-0.15, -0.1) is 0 Å². The Kier molecular flexibility index (Phi) is 6.30. The third kappa shape index (κ3) is 5.41. The Bertz CT molecular complexity index is 893. The van der Waals surface area contributed by atoms with Crippen molar-refractivity contribution in [2.75, 3.05) is 23.2 Å². The minimum Gasteiger partial charge on any atom is -0.376 e. The van der Waals surface area contributed by atoms with Crippen LogP contribution in [-0.2, 0) is 14.8 Å². The van der Waals surface area contributed by atoms with Crippen molar-refractivity contribution in [2.24, 2.45) is 0 Å². The van der Waals surface area contributed by atoms with E-state index in [1.807, 2.05) is 19.1 Å². The van der Waals surface area contributed by atoms with Gasteiger partial charge in [0.05, 0.1) is 16.7 Å². The van der Waals surface area contributed by atoms with Crippen molar-refractivity contribution in [1.29, 1.82) is 0 Å². The van der Waals surface area contributed by atoms with Gasteiger partial charge in [0.25, 0.3) is 10.0 Å². The number of para-hydroxylation sites is 1. The third-order valence-electron chi connectivity index (χ3n) is 4.33. The van der Waals surface area contributed by atoms with E-state index in [0.29, 0.717) is 17.3 Å². The van der Waals surface area contributed by atoms with Crippen molar-refractivity contribution in [3.8, 4) is 0 Å². The number of hydrogen-bond acceptors (Lipinski definition) is 4. The first-order valence-electron chi connectivity index (χ1n) is 8.79. The summed E-state index contributed by atoms with van der Waals surface area (Å²) < 4.78 is 33.3. The van der Waals surface area contributed by atoms with E-state index >= 15 is 0 Å². The number of benzene rings is 2. The second kappa shape index (κ2) is 8.69. The maximum atomic E-state index is 12.6. The van der Waals surface area contributed by atoms with Gasteiger partial charge in [-0.05, 0) is 67.9 Å². The molecule has 1 aliphatic rings. The van der Waals surface area contributed by atoms with Crippen LogP contribution in [0.25, 0.3) is 0 Å². The number of sulfonamides is 1. The van der Waals surface area contributed by atoms with Gasteiger partial charge >= 0.3 is 0 Å². The van der Waals surface area contributed by atoms with E-state index in [2.05, 4.69) is 15.4 Å². The number of anilines is 2. The van der Waals surface area contributed by atoms with Gasteiger partial charge in [0.1, 0.15) is 0 Å². The highest BCUT2D eigenvalue weighted by Gasteiger charge is 2.16. The van der Waals surface area contributed by atoms with Crippen LogP contribution >= 0.6 is 12.2 Å². The maximum Gasteiger partial charge on any atom is 0.261 e. The molecule has 2 aromatic carbocycles. The average Bonchev–Trinajstić information content (AvgIpc) is 3.16.